The van der Waals surface area contributed by atoms with E-state index < -0.39 is 0 Å². The van der Waals surface area contributed by atoms with Crippen LogP contribution in [0.5, 0.6) is 0 Å². The van der Waals surface area contributed by atoms with Crippen LogP contribution in [0.1, 0.15) is 19.3 Å². The van der Waals surface area contributed by atoms with Crippen molar-refractivity contribution in [3.05, 3.63) is 0 Å². The zero-order valence-corrected chi connectivity index (χ0v) is 10.2. The highest BCUT2D eigenvalue weighted by Gasteiger charge is 2.01. The summed E-state index contributed by atoms with van der Waals surface area (Å²) in [6.45, 7) is 0. The van der Waals surface area contributed by atoms with Crippen molar-refractivity contribution in [3.8, 4) is 0 Å². The Morgan fingerprint density at radius 1 is 1.36 bits per heavy atom. The Kier molecular flexibility index (Phi) is 7.82. The van der Waals surface area contributed by atoms with Gasteiger partial charge in [0, 0.05) is 10.2 Å². The molecule has 0 aromatic rings. The molecule has 0 aliphatic carbocycles. The molecule has 0 aliphatic rings. The van der Waals surface area contributed by atoms with Crippen LogP contribution in [-0.2, 0) is 0 Å². The SMILES string of the molecule is [B]CC([B])CCCC(S)C[SiH3]. The second-order valence-corrected chi connectivity index (χ2v) is 4.54. The van der Waals surface area contributed by atoms with E-state index >= 15 is 0 Å². The Bertz CT molecular complexity index is 82.5. The monoisotopic (exact) mass is 182 g/mol. The molecule has 0 bridgehead atoms. The van der Waals surface area contributed by atoms with Crippen molar-refractivity contribution >= 4 is 38.6 Å². The molecule has 0 saturated heterocycles. The third kappa shape index (κ3) is 7.07. The maximum absolute atomic E-state index is 5.66. The van der Waals surface area contributed by atoms with Gasteiger partial charge in [-0.1, -0.05) is 31.0 Å². The number of hydrogen-bond acceptors (Lipinski definition) is 1. The van der Waals surface area contributed by atoms with Crippen LogP contribution in [0, 0.1) is 0 Å². The standard InChI is InChI=1S/C7H16B2SSi/c8-4-6(9)2-1-3-7(10)5-11/h6-7,10H,1-5H2,11H3. The van der Waals surface area contributed by atoms with E-state index in [0.29, 0.717) is 11.6 Å². The van der Waals surface area contributed by atoms with Crippen LogP contribution in [0.25, 0.3) is 0 Å². The minimum Gasteiger partial charge on any atom is -0.176 e. The second-order valence-electron chi connectivity index (χ2n) is 2.99. The fourth-order valence-electron chi connectivity index (χ4n) is 0.938. The lowest BCUT2D eigenvalue weighted by atomic mass is 9.74. The van der Waals surface area contributed by atoms with Gasteiger partial charge in [0.1, 0.15) is 0 Å². The van der Waals surface area contributed by atoms with Gasteiger partial charge in [-0.2, -0.15) is 12.6 Å². The van der Waals surface area contributed by atoms with Gasteiger partial charge in [0.15, 0.2) is 0 Å². The van der Waals surface area contributed by atoms with Gasteiger partial charge in [0.2, 0.25) is 0 Å². The maximum Gasteiger partial charge on any atom is 0.0689 e. The number of hydrogen-bond donors (Lipinski definition) is 1. The summed E-state index contributed by atoms with van der Waals surface area (Å²) >= 11 is 4.42. The quantitative estimate of drug-likeness (QED) is 0.455. The zero-order chi connectivity index (χ0) is 8.69. The predicted molar refractivity (Wildman–Crippen MR) is 61.4 cm³/mol. The fourth-order valence-corrected chi connectivity index (χ4v) is 1.53. The van der Waals surface area contributed by atoms with E-state index in [2.05, 4.69) is 12.6 Å². The van der Waals surface area contributed by atoms with Crippen LogP contribution in [0.4, 0.5) is 0 Å². The van der Waals surface area contributed by atoms with E-state index in [4.69, 9.17) is 15.7 Å². The Labute approximate surface area is 81.6 Å². The smallest absolute Gasteiger partial charge is 0.0689 e. The topological polar surface area (TPSA) is 0 Å². The lowest BCUT2D eigenvalue weighted by Crippen LogP contribution is -1.99. The molecule has 0 amide bonds. The molecule has 0 aliphatic heterocycles. The average molecular weight is 182 g/mol. The van der Waals surface area contributed by atoms with Gasteiger partial charge in [-0.05, 0) is 11.7 Å². The highest BCUT2D eigenvalue weighted by Crippen LogP contribution is 2.17. The molecule has 0 aromatic heterocycles. The van der Waals surface area contributed by atoms with E-state index in [0.717, 1.165) is 6.42 Å². The van der Waals surface area contributed by atoms with Crippen molar-refractivity contribution in [2.75, 3.05) is 0 Å². The van der Waals surface area contributed by atoms with Gasteiger partial charge in [-0.3, -0.25) is 0 Å². The highest BCUT2D eigenvalue weighted by molar-refractivity contribution is 7.81. The first-order valence-corrected chi connectivity index (χ1v) is 6.27. The van der Waals surface area contributed by atoms with Gasteiger partial charge in [-0.15, -0.1) is 0 Å². The van der Waals surface area contributed by atoms with E-state index in [1.165, 1.54) is 29.1 Å². The molecule has 2 unspecified atom stereocenters. The third-order valence-corrected chi connectivity index (χ3v) is 4.18. The molecule has 0 nitrogen and oxygen atoms in total. The molecule has 0 aromatic carbocycles. The van der Waals surface area contributed by atoms with Gasteiger partial charge < -0.3 is 0 Å². The molecule has 0 N–H and O–H groups in total. The van der Waals surface area contributed by atoms with E-state index in [-0.39, 0.29) is 5.82 Å². The Morgan fingerprint density at radius 3 is 2.45 bits per heavy atom. The first kappa shape index (κ1) is 11.7. The van der Waals surface area contributed by atoms with Crippen molar-refractivity contribution in [3.63, 3.8) is 0 Å². The largest absolute Gasteiger partial charge is 0.176 e. The predicted octanol–water partition coefficient (Wildman–Crippen LogP) is 0.783. The summed E-state index contributed by atoms with van der Waals surface area (Å²) in [5.41, 5.74) is 0. The maximum atomic E-state index is 5.66. The van der Waals surface area contributed by atoms with Crippen molar-refractivity contribution < 1.29 is 0 Å². The lowest BCUT2D eigenvalue weighted by Gasteiger charge is -2.10. The Hall–Kier alpha value is 0.697. The van der Waals surface area contributed by atoms with E-state index in [1.807, 2.05) is 0 Å². The average Bonchev–Trinajstić information content (AvgIpc) is 2.04. The van der Waals surface area contributed by atoms with Crippen LogP contribution < -0.4 is 0 Å². The van der Waals surface area contributed by atoms with Gasteiger partial charge in [-0.25, -0.2) is 0 Å². The number of thiol groups is 1. The molecule has 0 fully saturated rings. The van der Waals surface area contributed by atoms with Crippen LogP contribution in [-0.4, -0.2) is 31.2 Å². The molecule has 4 radical (unpaired) electrons. The van der Waals surface area contributed by atoms with Crippen molar-refractivity contribution in [2.24, 2.45) is 0 Å². The summed E-state index contributed by atoms with van der Waals surface area (Å²) in [6, 6.07) is 1.28. The molecule has 0 rings (SSSR count). The third-order valence-electron chi connectivity index (χ3n) is 1.89. The van der Waals surface area contributed by atoms with E-state index in [1.54, 1.807) is 0 Å². The van der Waals surface area contributed by atoms with Crippen molar-refractivity contribution in [1.29, 1.82) is 0 Å². The van der Waals surface area contributed by atoms with Crippen LogP contribution in [0.2, 0.25) is 18.2 Å². The zero-order valence-electron chi connectivity index (χ0n) is 7.29. The van der Waals surface area contributed by atoms with Crippen LogP contribution >= 0.6 is 12.6 Å². The molecule has 2 atom stereocenters. The molecule has 11 heavy (non-hydrogen) atoms. The minimum absolute atomic E-state index is 0.199. The summed E-state index contributed by atoms with van der Waals surface area (Å²) in [7, 11) is 12.3. The minimum atomic E-state index is 0.199. The summed E-state index contributed by atoms with van der Waals surface area (Å²) in [5, 5.41) is 0.603. The van der Waals surface area contributed by atoms with Gasteiger partial charge in [0.25, 0.3) is 0 Å². The fraction of sp³-hybridized carbons (Fsp3) is 1.00. The molecular formula is C7H16B2SSi. The van der Waals surface area contributed by atoms with Crippen LogP contribution in [0.3, 0.4) is 0 Å². The highest BCUT2D eigenvalue weighted by atomic mass is 32.1. The summed E-state index contributed by atoms with van der Waals surface area (Å²) in [6.07, 6.45) is 4.03. The molecule has 4 heteroatoms. The summed E-state index contributed by atoms with van der Waals surface area (Å²) < 4.78 is 0. The Balaban J connectivity index is 3.13. The van der Waals surface area contributed by atoms with Crippen molar-refractivity contribution in [1.82, 2.24) is 0 Å². The first-order valence-electron chi connectivity index (χ1n) is 4.34. The van der Waals surface area contributed by atoms with E-state index in [9.17, 15) is 0 Å². The molecule has 0 heterocycles. The Morgan fingerprint density at radius 2 is 2.00 bits per heavy atom. The molecule has 60 valence electrons. The first-order chi connectivity index (χ1) is 5.20. The second kappa shape index (κ2) is 7.35. The molecule has 0 spiro atoms. The number of rotatable bonds is 6. The summed E-state index contributed by atoms with van der Waals surface area (Å²) in [5.74, 6) is 0.199. The normalized spacial score (nSPS) is 16.5. The van der Waals surface area contributed by atoms with Gasteiger partial charge in [0.05, 0.1) is 15.7 Å². The van der Waals surface area contributed by atoms with Gasteiger partial charge >= 0.3 is 0 Å². The van der Waals surface area contributed by atoms with Crippen molar-refractivity contribution in [2.45, 2.75) is 42.7 Å². The van der Waals surface area contributed by atoms with Crippen LogP contribution in [0.15, 0.2) is 0 Å². The molecule has 0 saturated carbocycles. The lowest BCUT2D eigenvalue weighted by molar-refractivity contribution is 0.665. The summed E-state index contributed by atoms with van der Waals surface area (Å²) in [4.78, 5) is 0. The molecular weight excluding hydrogens is 166 g/mol.